The minimum atomic E-state index is -0.708. The molecule has 6 heteroatoms. The maximum Gasteiger partial charge on any atom is 0.344 e. The zero-order valence-electron chi connectivity index (χ0n) is 16.1. The van der Waals surface area contributed by atoms with E-state index in [0.717, 1.165) is 16.3 Å². The number of ether oxygens (including phenoxy) is 1. The lowest BCUT2D eigenvalue weighted by atomic mass is 10.0. The first kappa shape index (κ1) is 18.7. The van der Waals surface area contributed by atoms with E-state index >= 15 is 0 Å². The normalized spacial score (nSPS) is 12.1. The van der Waals surface area contributed by atoms with Crippen LogP contribution in [-0.2, 0) is 11.3 Å². The number of benzene rings is 2. The molecule has 0 aliphatic rings. The van der Waals surface area contributed by atoms with E-state index in [1.165, 1.54) is 0 Å². The summed E-state index contributed by atoms with van der Waals surface area (Å²) in [6.07, 6.45) is 2.65. The summed E-state index contributed by atoms with van der Waals surface area (Å²) >= 11 is 0. The molecular formula is C23H20N2O4. The highest BCUT2D eigenvalue weighted by Gasteiger charge is 2.18. The Bertz CT molecular complexity index is 1250. The van der Waals surface area contributed by atoms with E-state index in [1.54, 1.807) is 31.5 Å². The van der Waals surface area contributed by atoms with E-state index < -0.39 is 11.7 Å². The zero-order valence-corrected chi connectivity index (χ0v) is 16.1. The fraction of sp³-hybridized carbons (Fsp3) is 0.174. The predicted octanol–water partition coefficient (Wildman–Crippen LogP) is 3.73. The summed E-state index contributed by atoms with van der Waals surface area (Å²) in [4.78, 5) is 28.7. The van der Waals surface area contributed by atoms with Gasteiger partial charge in [-0.2, -0.15) is 0 Å². The first-order valence-corrected chi connectivity index (χ1v) is 9.33. The lowest BCUT2D eigenvalue weighted by molar-refractivity contribution is -0.127. The molecule has 2 aromatic heterocycles. The Kier molecular flexibility index (Phi) is 4.99. The van der Waals surface area contributed by atoms with Crippen molar-refractivity contribution in [1.82, 2.24) is 10.3 Å². The number of rotatable bonds is 5. The molecule has 1 amide bonds. The number of hydrogen-bond donors (Lipinski definition) is 1. The zero-order chi connectivity index (χ0) is 20.4. The van der Waals surface area contributed by atoms with Gasteiger partial charge in [0.25, 0.3) is 5.91 Å². The summed E-state index contributed by atoms with van der Waals surface area (Å²) in [5.41, 5.74) is 1.71. The van der Waals surface area contributed by atoms with Crippen LogP contribution in [-0.4, -0.2) is 17.0 Å². The molecule has 29 heavy (non-hydrogen) atoms. The second-order valence-electron chi connectivity index (χ2n) is 6.83. The van der Waals surface area contributed by atoms with Crippen LogP contribution in [0.4, 0.5) is 0 Å². The van der Waals surface area contributed by atoms with Crippen molar-refractivity contribution in [3.05, 3.63) is 82.5 Å². The number of fused-ring (bicyclic) bond motifs is 3. The molecule has 2 aromatic carbocycles. The Morgan fingerprint density at radius 2 is 1.79 bits per heavy atom. The van der Waals surface area contributed by atoms with Crippen molar-refractivity contribution in [2.75, 3.05) is 0 Å². The minimum Gasteiger partial charge on any atom is -0.480 e. The van der Waals surface area contributed by atoms with Gasteiger partial charge in [0, 0.05) is 29.9 Å². The smallest absolute Gasteiger partial charge is 0.344 e. The van der Waals surface area contributed by atoms with Crippen molar-refractivity contribution in [3.8, 4) is 5.75 Å². The van der Waals surface area contributed by atoms with Gasteiger partial charge in [-0.3, -0.25) is 9.78 Å². The van der Waals surface area contributed by atoms with Crippen LogP contribution in [0.3, 0.4) is 0 Å². The molecule has 0 aliphatic heterocycles. The molecule has 0 unspecified atom stereocenters. The Balaban J connectivity index is 1.57. The van der Waals surface area contributed by atoms with Gasteiger partial charge >= 0.3 is 5.63 Å². The molecule has 0 bridgehead atoms. The predicted molar refractivity (Wildman–Crippen MR) is 111 cm³/mol. The number of pyridine rings is 1. The van der Waals surface area contributed by atoms with Gasteiger partial charge in [0.1, 0.15) is 11.3 Å². The molecule has 0 radical (unpaired) electrons. The lowest BCUT2D eigenvalue weighted by Crippen LogP contribution is -2.36. The molecule has 6 nitrogen and oxygen atoms in total. The second-order valence-corrected chi connectivity index (χ2v) is 6.83. The molecule has 0 saturated carbocycles. The quantitative estimate of drug-likeness (QED) is 0.416. The van der Waals surface area contributed by atoms with Gasteiger partial charge in [-0.25, -0.2) is 4.79 Å². The van der Waals surface area contributed by atoms with Crippen molar-refractivity contribution in [2.24, 2.45) is 0 Å². The van der Waals surface area contributed by atoms with Crippen LogP contribution in [0.2, 0.25) is 0 Å². The van der Waals surface area contributed by atoms with E-state index in [4.69, 9.17) is 9.15 Å². The van der Waals surface area contributed by atoms with Crippen LogP contribution >= 0.6 is 0 Å². The van der Waals surface area contributed by atoms with E-state index in [9.17, 15) is 9.59 Å². The third kappa shape index (κ3) is 3.69. The monoisotopic (exact) mass is 388 g/mol. The third-order valence-electron chi connectivity index (χ3n) is 4.88. The first-order chi connectivity index (χ1) is 14.0. The Morgan fingerprint density at radius 3 is 2.55 bits per heavy atom. The van der Waals surface area contributed by atoms with E-state index in [0.29, 0.717) is 28.8 Å². The van der Waals surface area contributed by atoms with Crippen LogP contribution < -0.4 is 15.7 Å². The van der Waals surface area contributed by atoms with Crippen molar-refractivity contribution in [2.45, 2.75) is 26.5 Å². The molecule has 4 rings (SSSR count). The molecular weight excluding hydrogens is 368 g/mol. The lowest BCUT2D eigenvalue weighted by Gasteiger charge is -2.17. The summed E-state index contributed by atoms with van der Waals surface area (Å²) < 4.78 is 11.4. The van der Waals surface area contributed by atoms with Crippen LogP contribution in [0.15, 0.2) is 70.1 Å². The number of carbonyl (C=O) groups is 1. The molecule has 1 N–H and O–H groups in total. The second kappa shape index (κ2) is 7.75. The largest absolute Gasteiger partial charge is 0.480 e. The Labute approximate surface area is 167 Å². The fourth-order valence-corrected chi connectivity index (χ4v) is 3.27. The van der Waals surface area contributed by atoms with Crippen molar-refractivity contribution in [1.29, 1.82) is 0 Å². The highest BCUT2D eigenvalue weighted by Crippen LogP contribution is 2.31. The van der Waals surface area contributed by atoms with Crippen LogP contribution in [0.1, 0.15) is 18.1 Å². The maximum atomic E-state index is 12.4. The number of aryl methyl sites for hydroxylation is 1. The highest BCUT2D eigenvalue weighted by molar-refractivity contribution is 6.05. The summed E-state index contributed by atoms with van der Waals surface area (Å²) in [5.74, 6) is 0.267. The summed E-state index contributed by atoms with van der Waals surface area (Å²) in [5, 5.41) is 5.05. The van der Waals surface area contributed by atoms with Gasteiger partial charge in [-0.1, -0.05) is 18.2 Å². The SMILES string of the molecule is Cc1c(O[C@H](C)C(=O)NCc2ccncc2)ccc2c1oc(=O)c1ccccc12. The molecule has 2 heterocycles. The molecule has 0 fully saturated rings. The molecule has 146 valence electrons. The van der Waals surface area contributed by atoms with E-state index in [1.807, 2.05) is 43.3 Å². The number of amides is 1. The third-order valence-corrected chi connectivity index (χ3v) is 4.88. The van der Waals surface area contributed by atoms with Crippen LogP contribution in [0.5, 0.6) is 5.75 Å². The van der Waals surface area contributed by atoms with E-state index in [-0.39, 0.29) is 5.91 Å². The highest BCUT2D eigenvalue weighted by atomic mass is 16.5. The van der Waals surface area contributed by atoms with Crippen molar-refractivity contribution < 1.29 is 13.9 Å². The minimum absolute atomic E-state index is 0.235. The molecule has 1 atom stereocenters. The van der Waals surface area contributed by atoms with Gasteiger partial charge < -0.3 is 14.5 Å². The Morgan fingerprint density at radius 1 is 1.07 bits per heavy atom. The summed E-state index contributed by atoms with van der Waals surface area (Å²) in [6, 6.07) is 14.7. The van der Waals surface area contributed by atoms with E-state index in [2.05, 4.69) is 10.3 Å². The standard InChI is InChI=1S/C23H20N2O4/c1-14-20(28-15(2)22(26)25-13-16-9-11-24-12-10-16)8-7-18-17-5-3-4-6-19(17)23(27)29-21(14)18/h3-12,15H,13H2,1-2H3,(H,25,26)/t15-/m1/s1. The number of carbonyl (C=O) groups excluding carboxylic acids is 1. The average Bonchev–Trinajstić information content (AvgIpc) is 2.75. The maximum absolute atomic E-state index is 12.4. The number of nitrogens with zero attached hydrogens (tertiary/aromatic N) is 1. The summed E-state index contributed by atoms with van der Waals surface area (Å²) in [7, 11) is 0. The first-order valence-electron chi connectivity index (χ1n) is 9.33. The van der Waals surface area contributed by atoms with Gasteiger partial charge in [0.2, 0.25) is 0 Å². The molecule has 0 spiro atoms. The fourth-order valence-electron chi connectivity index (χ4n) is 3.27. The van der Waals surface area contributed by atoms with Gasteiger partial charge in [0.05, 0.1) is 5.39 Å². The van der Waals surface area contributed by atoms with Gasteiger partial charge in [-0.15, -0.1) is 0 Å². The van der Waals surface area contributed by atoms with Crippen LogP contribution in [0.25, 0.3) is 21.7 Å². The molecule has 0 aliphatic carbocycles. The Hall–Kier alpha value is -3.67. The topological polar surface area (TPSA) is 81.4 Å². The van der Waals surface area contributed by atoms with Crippen molar-refractivity contribution >= 4 is 27.6 Å². The number of nitrogens with one attached hydrogen (secondary N) is 1. The van der Waals surface area contributed by atoms with Crippen molar-refractivity contribution in [3.63, 3.8) is 0 Å². The average molecular weight is 388 g/mol. The van der Waals surface area contributed by atoms with Gasteiger partial charge in [-0.05, 0) is 55.1 Å². The number of hydrogen-bond acceptors (Lipinski definition) is 5. The molecule has 4 aromatic rings. The van der Waals surface area contributed by atoms with Gasteiger partial charge in [0.15, 0.2) is 6.10 Å². The summed E-state index contributed by atoms with van der Waals surface area (Å²) in [6.45, 7) is 3.89. The molecule has 0 saturated heterocycles. The number of aromatic nitrogens is 1. The van der Waals surface area contributed by atoms with Crippen LogP contribution in [0, 0.1) is 6.92 Å².